The van der Waals surface area contributed by atoms with Crippen LogP contribution in [-0.2, 0) is 11.2 Å². The number of primary amides is 1. The summed E-state index contributed by atoms with van der Waals surface area (Å²) in [6.45, 7) is 6.18. The van der Waals surface area contributed by atoms with Crippen molar-refractivity contribution in [1.82, 2.24) is 5.32 Å². The third-order valence-corrected chi connectivity index (χ3v) is 4.93. The van der Waals surface area contributed by atoms with E-state index in [0.29, 0.717) is 5.92 Å². The van der Waals surface area contributed by atoms with E-state index in [0.717, 1.165) is 16.9 Å². The number of nitrogens with two attached hydrogens (primary N) is 2. The molecule has 2 atom stereocenters. The maximum Gasteiger partial charge on any atom is 0.319 e. The Morgan fingerprint density at radius 3 is 2.36 bits per heavy atom. The molecular weight excluding hydrogens is 334 g/mol. The molecule has 1 heterocycles. The number of carbonyl (C=O) groups is 2. The van der Waals surface area contributed by atoms with Crippen molar-refractivity contribution in [3.63, 3.8) is 0 Å². The average Bonchev–Trinajstić information content (AvgIpc) is 3.06. The van der Waals surface area contributed by atoms with Crippen LogP contribution in [0, 0.1) is 5.92 Å². The fourth-order valence-corrected chi connectivity index (χ4v) is 3.61. The lowest BCUT2D eigenvalue weighted by Crippen LogP contribution is -2.92. The maximum absolute atomic E-state index is 12.0. The molecule has 0 unspecified atom stereocenters. The number of imide groups is 1. The molecule has 5 nitrogen and oxygen atoms in total. The lowest BCUT2D eigenvalue weighted by Gasteiger charge is -2.19. The van der Waals surface area contributed by atoms with E-state index in [1.54, 1.807) is 18.3 Å². The quantitative estimate of drug-likeness (QED) is 0.706. The van der Waals surface area contributed by atoms with Crippen LogP contribution < -0.4 is 16.4 Å². The van der Waals surface area contributed by atoms with Crippen LogP contribution in [0.3, 0.4) is 0 Å². The zero-order valence-electron chi connectivity index (χ0n) is 14.9. The minimum atomic E-state index is -0.823. The second kappa shape index (κ2) is 8.78. The molecule has 0 spiro atoms. The Balaban J connectivity index is 2.19. The van der Waals surface area contributed by atoms with Crippen LogP contribution in [0.1, 0.15) is 42.8 Å². The first-order valence-corrected chi connectivity index (χ1v) is 9.32. The second-order valence-corrected chi connectivity index (χ2v) is 7.65. The van der Waals surface area contributed by atoms with E-state index in [1.807, 2.05) is 16.8 Å². The molecule has 0 bridgehead atoms. The van der Waals surface area contributed by atoms with Gasteiger partial charge in [-0.25, -0.2) is 4.79 Å². The molecule has 2 rings (SSSR count). The van der Waals surface area contributed by atoms with Gasteiger partial charge in [-0.1, -0.05) is 44.2 Å². The Hall–Kier alpha value is -2.18. The normalized spacial score (nSPS) is 13.4. The molecule has 5 N–H and O–H groups in total. The van der Waals surface area contributed by atoms with Crippen molar-refractivity contribution in [1.29, 1.82) is 0 Å². The number of carbonyl (C=O) groups excluding carboxylic acids is 2. The van der Waals surface area contributed by atoms with Crippen molar-refractivity contribution in [2.45, 2.75) is 39.3 Å². The number of quaternary nitrogens is 1. The van der Waals surface area contributed by atoms with Crippen LogP contribution in [0.4, 0.5) is 4.79 Å². The third-order valence-electron chi connectivity index (χ3n) is 3.97. The molecule has 6 heteroatoms. The SMILES string of the molecule is CC(C)Cc1ccc([C@H]([NH2+][C@H](C)C(=O)NC(N)=O)c2cccs2)cc1. The minimum absolute atomic E-state index is 0.00160. The highest BCUT2D eigenvalue weighted by Crippen LogP contribution is 2.23. The molecule has 0 aliphatic rings. The molecule has 134 valence electrons. The topological polar surface area (TPSA) is 88.8 Å². The molecule has 1 aromatic heterocycles. The fourth-order valence-electron chi connectivity index (χ4n) is 2.78. The van der Waals surface area contributed by atoms with Crippen LogP contribution in [0.2, 0.25) is 0 Å². The number of hydrogen-bond donors (Lipinski definition) is 3. The third kappa shape index (κ3) is 5.69. The molecule has 0 saturated carbocycles. The largest absolute Gasteiger partial charge is 0.351 e. The summed E-state index contributed by atoms with van der Waals surface area (Å²) in [6, 6.07) is 11.4. The number of nitrogens with one attached hydrogen (secondary N) is 1. The smallest absolute Gasteiger partial charge is 0.319 e. The Labute approximate surface area is 152 Å². The Morgan fingerprint density at radius 2 is 1.84 bits per heavy atom. The van der Waals surface area contributed by atoms with E-state index < -0.39 is 12.1 Å². The van der Waals surface area contributed by atoms with Gasteiger partial charge in [0.25, 0.3) is 5.91 Å². The summed E-state index contributed by atoms with van der Waals surface area (Å²) in [5, 5.41) is 6.13. The number of urea groups is 1. The van der Waals surface area contributed by atoms with Gasteiger partial charge in [0.05, 0.1) is 4.88 Å². The van der Waals surface area contributed by atoms with E-state index in [9.17, 15) is 9.59 Å². The second-order valence-electron chi connectivity index (χ2n) is 6.67. The monoisotopic (exact) mass is 360 g/mol. The number of thiophene rings is 1. The van der Waals surface area contributed by atoms with Crippen molar-refractivity contribution in [3.05, 3.63) is 57.8 Å². The van der Waals surface area contributed by atoms with E-state index in [1.165, 1.54) is 5.56 Å². The van der Waals surface area contributed by atoms with Crippen LogP contribution >= 0.6 is 11.3 Å². The van der Waals surface area contributed by atoms with Gasteiger partial charge in [-0.15, -0.1) is 11.3 Å². The first kappa shape index (κ1) is 19.1. The number of rotatable bonds is 7. The van der Waals surface area contributed by atoms with E-state index in [4.69, 9.17) is 5.73 Å². The summed E-state index contributed by atoms with van der Waals surface area (Å²) < 4.78 is 0. The van der Waals surface area contributed by atoms with Crippen LogP contribution in [0.25, 0.3) is 0 Å². The van der Waals surface area contributed by atoms with Gasteiger partial charge < -0.3 is 11.1 Å². The first-order chi connectivity index (χ1) is 11.9. The van der Waals surface area contributed by atoms with Gasteiger partial charge in [0.1, 0.15) is 6.04 Å². The maximum atomic E-state index is 12.0. The summed E-state index contributed by atoms with van der Waals surface area (Å²) in [6.07, 6.45) is 1.05. The van der Waals surface area contributed by atoms with E-state index in [-0.39, 0.29) is 11.9 Å². The lowest BCUT2D eigenvalue weighted by atomic mass is 9.98. The molecule has 0 fully saturated rings. The van der Waals surface area contributed by atoms with Crippen molar-refractivity contribution < 1.29 is 14.9 Å². The molecule has 0 aliphatic carbocycles. The highest BCUT2D eigenvalue weighted by atomic mass is 32.1. The molecule has 0 aliphatic heterocycles. The summed E-state index contributed by atoms with van der Waals surface area (Å²) in [5.74, 6) is 0.230. The zero-order chi connectivity index (χ0) is 18.4. The molecule has 25 heavy (non-hydrogen) atoms. The fraction of sp³-hybridized carbons (Fsp3) is 0.368. The Kier molecular flexibility index (Phi) is 6.73. The Bertz CT molecular complexity index is 696. The minimum Gasteiger partial charge on any atom is -0.351 e. The standard InChI is InChI=1S/C19H25N3O2S/c1-12(2)11-14-6-8-15(9-7-14)17(16-5-4-10-25-16)21-13(3)18(23)22-19(20)24/h4-10,12-13,17,21H,11H2,1-3H3,(H3,20,22,23,24)/p+1/t13-,17+/m1/s1. The highest BCUT2D eigenvalue weighted by molar-refractivity contribution is 7.10. The number of benzene rings is 1. The summed E-state index contributed by atoms with van der Waals surface area (Å²) in [4.78, 5) is 24.1. The van der Waals surface area contributed by atoms with Crippen molar-refractivity contribution in [3.8, 4) is 0 Å². The molecular formula is C19H26N3O2S+. The van der Waals surface area contributed by atoms with Gasteiger partial charge in [-0.05, 0) is 36.3 Å². The Morgan fingerprint density at radius 1 is 1.16 bits per heavy atom. The van der Waals surface area contributed by atoms with Gasteiger partial charge in [0.15, 0.2) is 6.04 Å². The summed E-state index contributed by atoms with van der Waals surface area (Å²) in [7, 11) is 0. The predicted molar refractivity (Wildman–Crippen MR) is 100 cm³/mol. The first-order valence-electron chi connectivity index (χ1n) is 8.44. The molecule has 2 aromatic rings. The lowest BCUT2D eigenvalue weighted by molar-refractivity contribution is -0.704. The van der Waals surface area contributed by atoms with Gasteiger partial charge in [0, 0.05) is 5.56 Å². The van der Waals surface area contributed by atoms with Crippen molar-refractivity contribution >= 4 is 23.3 Å². The summed E-state index contributed by atoms with van der Waals surface area (Å²) >= 11 is 1.65. The molecule has 0 radical (unpaired) electrons. The molecule has 3 amide bonds. The number of amides is 3. The highest BCUT2D eigenvalue weighted by Gasteiger charge is 2.26. The molecule has 0 saturated heterocycles. The van der Waals surface area contributed by atoms with E-state index >= 15 is 0 Å². The van der Waals surface area contributed by atoms with Gasteiger partial charge in [-0.2, -0.15) is 0 Å². The predicted octanol–water partition coefficient (Wildman–Crippen LogP) is 2.18. The van der Waals surface area contributed by atoms with E-state index in [2.05, 4.69) is 49.5 Å². The van der Waals surface area contributed by atoms with Gasteiger partial charge in [-0.3, -0.25) is 10.1 Å². The average molecular weight is 361 g/mol. The van der Waals surface area contributed by atoms with Gasteiger partial charge >= 0.3 is 6.03 Å². The van der Waals surface area contributed by atoms with Crippen molar-refractivity contribution in [2.75, 3.05) is 0 Å². The van der Waals surface area contributed by atoms with Gasteiger partial charge in [0.2, 0.25) is 0 Å². The van der Waals surface area contributed by atoms with Crippen LogP contribution in [-0.4, -0.2) is 18.0 Å². The zero-order valence-corrected chi connectivity index (χ0v) is 15.7. The summed E-state index contributed by atoms with van der Waals surface area (Å²) in [5.41, 5.74) is 7.48. The van der Waals surface area contributed by atoms with Crippen molar-refractivity contribution in [2.24, 2.45) is 11.7 Å². The number of hydrogen-bond acceptors (Lipinski definition) is 3. The van der Waals surface area contributed by atoms with Crippen LogP contribution in [0.5, 0.6) is 0 Å². The van der Waals surface area contributed by atoms with Crippen LogP contribution in [0.15, 0.2) is 41.8 Å². The molecule has 1 aromatic carbocycles.